The number of allylic oxidation sites excluding steroid dienone is 5. The molecule has 0 amide bonds. The molecule has 0 N–H and O–H groups in total. The molecule has 104 valence electrons. The van der Waals surface area contributed by atoms with Crippen molar-refractivity contribution in [1.82, 2.24) is 4.90 Å². The first-order valence-electron chi connectivity index (χ1n) is 6.13. The second kappa shape index (κ2) is 5.70. The SMILES string of the molecule is CCOC(=O)CN1C(=C=O)C(=C=O)C2CC=C(F)C=C21. The van der Waals surface area contributed by atoms with Gasteiger partial charge in [0.25, 0.3) is 0 Å². The average molecular weight is 277 g/mol. The van der Waals surface area contributed by atoms with Crippen LogP contribution in [0.3, 0.4) is 0 Å². The van der Waals surface area contributed by atoms with Gasteiger partial charge in [0.1, 0.15) is 24.0 Å². The number of likely N-dealkylation sites (tertiary alicyclic amines) is 1. The highest BCUT2D eigenvalue weighted by atomic mass is 19.1. The monoisotopic (exact) mass is 277 g/mol. The lowest BCUT2D eigenvalue weighted by Gasteiger charge is -2.21. The molecule has 1 fully saturated rings. The molecule has 0 aromatic heterocycles. The van der Waals surface area contributed by atoms with E-state index in [1.807, 2.05) is 0 Å². The molecule has 2 aliphatic rings. The van der Waals surface area contributed by atoms with Crippen LogP contribution in [0.4, 0.5) is 4.39 Å². The van der Waals surface area contributed by atoms with Crippen LogP contribution in [0.1, 0.15) is 13.3 Å². The standard InChI is InChI=1S/C14H12FNO4/c1-2-20-14(19)6-16-12-5-9(15)3-4-10(12)11(7-17)13(16)8-18/h3,5,10H,2,4,6H2,1H3. The van der Waals surface area contributed by atoms with Gasteiger partial charge in [-0.25, -0.2) is 14.0 Å². The fraction of sp³-hybridized carbons (Fsp3) is 0.357. The smallest absolute Gasteiger partial charge is 0.325 e. The summed E-state index contributed by atoms with van der Waals surface area (Å²) in [5, 5.41) is 0. The van der Waals surface area contributed by atoms with Gasteiger partial charge in [0.05, 0.1) is 12.2 Å². The predicted molar refractivity (Wildman–Crippen MR) is 67.1 cm³/mol. The maximum absolute atomic E-state index is 13.4. The van der Waals surface area contributed by atoms with Crippen LogP contribution in [0.5, 0.6) is 0 Å². The van der Waals surface area contributed by atoms with Crippen molar-refractivity contribution in [2.24, 2.45) is 5.92 Å². The van der Waals surface area contributed by atoms with Crippen molar-refractivity contribution in [2.75, 3.05) is 13.2 Å². The molecule has 5 nitrogen and oxygen atoms in total. The Morgan fingerprint density at radius 3 is 2.85 bits per heavy atom. The van der Waals surface area contributed by atoms with E-state index < -0.39 is 17.7 Å². The third-order valence-corrected chi connectivity index (χ3v) is 3.18. The van der Waals surface area contributed by atoms with Crippen LogP contribution in [0.2, 0.25) is 0 Å². The van der Waals surface area contributed by atoms with E-state index >= 15 is 0 Å². The molecule has 1 aliphatic carbocycles. The summed E-state index contributed by atoms with van der Waals surface area (Å²) in [6.45, 7) is 1.58. The highest BCUT2D eigenvalue weighted by Gasteiger charge is 2.40. The zero-order chi connectivity index (χ0) is 14.7. The highest BCUT2D eigenvalue weighted by Crippen LogP contribution is 2.43. The van der Waals surface area contributed by atoms with E-state index in [0.717, 1.165) is 0 Å². The van der Waals surface area contributed by atoms with Crippen molar-refractivity contribution in [3.8, 4) is 0 Å². The molecule has 2 rings (SSSR count). The Hall–Kier alpha value is -2.42. The van der Waals surface area contributed by atoms with Gasteiger partial charge in [-0.1, -0.05) is 0 Å². The van der Waals surface area contributed by atoms with Crippen LogP contribution >= 0.6 is 0 Å². The summed E-state index contributed by atoms with van der Waals surface area (Å²) in [5.74, 6) is 1.83. The third kappa shape index (κ3) is 2.35. The molecule has 20 heavy (non-hydrogen) atoms. The quantitative estimate of drug-likeness (QED) is 0.571. The number of nitrogens with zero attached hydrogens (tertiary/aromatic N) is 1. The molecule has 0 saturated carbocycles. The number of hydrogen-bond acceptors (Lipinski definition) is 5. The second-order valence-electron chi connectivity index (χ2n) is 4.30. The van der Waals surface area contributed by atoms with Crippen molar-refractivity contribution in [3.05, 3.63) is 34.9 Å². The topological polar surface area (TPSA) is 63.7 Å². The molecular formula is C14H12FNO4. The molecule has 0 spiro atoms. The van der Waals surface area contributed by atoms with Gasteiger partial charge in [-0.3, -0.25) is 4.79 Å². The van der Waals surface area contributed by atoms with Crippen LogP contribution in [-0.2, 0) is 19.1 Å². The minimum absolute atomic E-state index is 0.0765. The van der Waals surface area contributed by atoms with Gasteiger partial charge in [0.15, 0.2) is 5.94 Å². The van der Waals surface area contributed by atoms with Gasteiger partial charge in [0, 0.05) is 11.6 Å². The Kier molecular flexibility index (Phi) is 3.99. The van der Waals surface area contributed by atoms with E-state index in [9.17, 15) is 18.8 Å². The summed E-state index contributed by atoms with van der Waals surface area (Å²) in [5.41, 5.74) is 0.404. The molecule has 0 radical (unpaired) electrons. The molecule has 1 saturated heterocycles. The number of ether oxygens (including phenoxy) is 1. The predicted octanol–water partition coefficient (Wildman–Crippen LogP) is 1.10. The Morgan fingerprint density at radius 1 is 1.50 bits per heavy atom. The third-order valence-electron chi connectivity index (χ3n) is 3.18. The van der Waals surface area contributed by atoms with Gasteiger partial charge < -0.3 is 9.64 Å². The van der Waals surface area contributed by atoms with E-state index in [4.69, 9.17) is 4.74 Å². The largest absolute Gasteiger partial charge is 0.465 e. The molecule has 0 bridgehead atoms. The molecule has 6 heteroatoms. The molecule has 1 heterocycles. The lowest BCUT2D eigenvalue weighted by Crippen LogP contribution is -2.27. The Morgan fingerprint density at radius 2 is 2.25 bits per heavy atom. The van der Waals surface area contributed by atoms with E-state index in [-0.39, 0.29) is 30.8 Å². The number of fused-ring (bicyclic) bond motifs is 1. The van der Waals surface area contributed by atoms with E-state index in [1.165, 1.54) is 17.1 Å². The van der Waals surface area contributed by atoms with Gasteiger partial charge >= 0.3 is 5.97 Å². The van der Waals surface area contributed by atoms with Gasteiger partial charge in [-0.15, -0.1) is 0 Å². The number of hydrogen-bond donors (Lipinski definition) is 0. The van der Waals surface area contributed by atoms with Gasteiger partial charge in [0.2, 0.25) is 0 Å². The lowest BCUT2D eigenvalue weighted by molar-refractivity contribution is -0.143. The Balaban J connectivity index is 2.41. The fourth-order valence-electron chi connectivity index (χ4n) is 2.36. The number of rotatable bonds is 3. The second-order valence-corrected chi connectivity index (χ2v) is 4.30. The number of carbonyl (C=O) groups excluding carboxylic acids is 3. The molecule has 1 unspecified atom stereocenters. The summed E-state index contributed by atoms with van der Waals surface area (Å²) in [4.78, 5) is 34.9. The van der Waals surface area contributed by atoms with Gasteiger partial charge in [-0.05, 0) is 25.5 Å². The highest BCUT2D eigenvalue weighted by molar-refractivity contribution is 5.79. The first kappa shape index (κ1) is 14.0. The molecule has 1 aliphatic heterocycles. The summed E-state index contributed by atoms with van der Waals surface area (Å²) < 4.78 is 18.2. The van der Waals surface area contributed by atoms with E-state index in [2.05, 4.69) is 0 Å². The summed E-state index contributed by atoms with van der Waals surface area (Å²) >= 11 is 0. The van der Waals surface area contributed by atoms with Crippen LogP contribution in [0.15, 0.2) is 34.9 Å². The maximum Gasteiger partial charge on any atom is 0.325 e. The van der Waals surface area contributed by atoms with E-state index in [1.54, 1.807) is 18.8 Å². The fourth-order valence-corrected chi connectivity index (χ4v) is 2.36. The zero-order valence-electron chi connectivity index (χ0n) is 10.8. The van der Waals surface area contributed by atoms with Crippen molar-refractivity contribution in [2.45, 2.75) is 13.3 Å². The average Bonchev–Trinajstić information content (AvgIpc) is 2.71. The van der Waals surface area contributed by atoms with Crippen LogP contribution in [-0.4, -0.2) is 35.9 Å². The molecular weight excluding hydrogens is 265 g/mol. The first-order chi connectivity index (χ1) is 9.62. The normalized spacial score (nSPS) is 20.7. The molecule has 0 aromatic carbocycles. The van der Waals surface area contributed by atoms with Crippen molar-refractivity contribution in [3.63, 3.8) is 0 Å². The van der Waals surface area contributed by atoms with Crippen molar-refractivity contribution < 1.29 is 23.5 Å². The van der Waals surface area contributed by atoms with Crippen molar-refractivity contribution in [1.29, 1.82) is 0 Å². The van der Waals surface area contributed by atoms with Crippen LogP contribution in [0, 0.1) is 5.92 Å². The van der Waals surface area contributed by atoms with Crippen LogP contribution in [0.25, 0.3) is 0 Å². The minimum Gasteiger partial charge on any atom is -0.465 e. The van der Waals surface area contributed by atoms with Crippen molar-refractivity contribution >= 4 is 17.9 Å². The zero-order valence-corrected chi connectivity index (χ0v) is 10.8. The first-order valence-corrected chi connectivity index (χ1v) is 6.13. The summed E-state index contributed by atoms with van der Waals surface area (Å²) in [6, 6.07) is 0. The summed E-state index contributed by atoms with van der Waals surface area (Å²) in [6.07, 6.45) is 2.77. The minimum atomic E-state index is -0.568. The van der Waals surface area contributed by atoms with E-state index in [0.29, 0.717) is 5.70 Å². The van der Waals surface area contributed by atoms with Gasteiger partial charge in [-0.2, -0.15) is 0 Å². The number of halogens is 1. The number of carbonyl (C=O) groups is 1. The molecule has 1 atom stereocenters. The Labute approximate surface area is 114 Å². The Bertz CT molecular complexity index is 607. The van der Waals surface area contributed by atoms with Crippen LogP contribution < -0.4 is 0 Å². The molecule has 0 aromatic rings. The number of esters is 1. The maximum atomic E-state index is 13.4. The lowest BCUT2D eigenvalue weighted by atomic mass is 9.92. The summed E-state index contributed by atoms with van der Waals surface area (Å²) in [7, 11) is 0.